The lowest BCUT2D eigenvalue weighted by atomic mass is 10.4. The van der Waals surface area contributed by atoms with Gasteiger partial charge in [0.1, 0.15) is 16.9 Å². The highest BCUT2D eigenvalue weighted by Gasteiger charge is 2.14. The Kier molecular flexibility index (Phi) is 4.19. The predicted molar refractivity (Wildman–Crippen MR) is 72.3 cm³/mol. The van der Waals surface area contributed by atoms with Crippen LogP contribution in [0, 0.1) is 0 Å². The van der Waals surface area contributed by atoms with Gasteiger partial charge in [0.05, 0.1) is 0 Å². The van der Waals surface area contributed by atoms with E-state index in [0.717, 1.165) is 23.6 Å². The van der Waals surface area contributed by atoms with Gasteiger partial charge in [-0.2, -0.15) is 4.98 Å². The molecule has 0 aliphatic heterocycles. The molecule has 0 saturated carbocycles. The number of unbranched alkanes of at least 4 members (excludes halogenated alkanes) is 1. The van der Waals surface area contributed by atoms with Gasteiger partial charge in [-0.25, -0.2) is 9.97 Å². The van der Waals surface area contributed by atoms with Gasteiger partial charge in [0.2, 0.25) is 11.2 Å². The number of hydrogen-bond acceptors (Lipinski definition) is 5. The monoisotopic (exact) mass is 284 g/mol. The summed E-state index contributed by atoms with van der Waals surface area (Å²) in [7, 11) is 0. The third-order valence-corrected chi connectivity index (χ3v) is 3.63. The standard InChI is InChI=1S/C11H13ClN4OS/c1-3-4-5-18-10-8-9(14-11(12)15-10)16(6-13-8)7(2)17/h6H,3-5H2,1-2H3. The Bertz CT molecular complexity index is 584. The molecule has 18 heavy (non-hydrogen) atoms. The molecule has 0 aliphatic rings. The fourth-order valence-corrected chi connectivity index (χ4v) is 2.77. The Balaban J connectivity index is 2.43. The fourth-order valence-electron chi connectivity index (χ4n) is 1.49. The molecule has 0 fully saturated rings. The third kappa shape index (κ3) is 2.64. The maximum Gasteiger partial charge on any atom is 0.230 e. The molecule has 0 unspecified atom stereocenters. The molecule has 0 saturated heterocycles. The molecule has 0 radical (unpaired) electrons. The van der Waals surface area contributed by atoms with E-state index in [0.29, 0.717) is 11.2 Å². The van der Waals surface area contributed by atoms with E-state index >= 15 is 0 Å². The SMILES string of the molecule is CCCCSc1nc(Cl)nc2c1ncn2C(C)=O. The highest BCUT2D eigenvalue weighted by atomic mass is 35.5. The van der Waals surface area contributed by atoms with E-state index in [1.54, 1.807) is 11.8 Å². The van der Waals surface area contributed by atoms with Crippen LogP contribution in [0.2, 0.25) is 5.28 Å². The topological polar surface area (TPSA) is 60.7 Å². The van der Waals surface area contributed by atoms with Crippen molar-refractivity contribution in [3.8, 4) is 0 Å². The molecule has 0 aliphatic carbocycles. The second-order valence-electron chi connectivity index (χ2n) is 3.81. The van der Waals surface area contributed by atoms with Crippen molar-refractivity contribution in [2.75, 3.05) is 5.75 Å². The maximum absolute atomic E-state index is 11.4. The number of carbonyl (C=O) groups is 1. The summed E-state index contributed by atoms with van der Waals surface area (Å²) in [5.74, 6) is 0.808. The molecule has 0 spiro atoms. The van der Waals surface area contributed by atoms with Gasteiger partial charge < -0.3 is 0 Å². The number of hydrogen-bond donors (Lipinski definition) is 0. The maximum atomic E-state index is 11.4. The minimum atomic E-state index is -0.142. The number of carbonyl (C=O) groups excluding carboxylic acids is 1. The largest absolute Gasteiger partial charge is 0.274 e. The van der Waals surface area contributed by atoms with Gasteiger partial charge in [0.15, 0.2) is 5.65 Å². The van der Waals surface area contributed by atoms with E-state index < -0.39 is 0 Å². The highest BCUT2D eigenvalue weighted by molar-refractivity contribution is 7.99. The van der Waals surface area contributed by atoms with E-state index in [1.807, 2.05) is 0 Å². The zero-order valence-corrected chi connectivity index (χ0v) is 11.8. The first-order valence-electron chi connectivity index (χ1n) is 5.67. The van der Waals surface area contributed by atoms with Gasteiger partial charge in [-0.15, -0.1) is 11.8 Å². The molecule has 0 bridgehead atoms. The van der Waals surface area contributed by atoms with Crippen LogP contribution in [0.3, 0.4) is 0 Å². The van der Waals surface area contributed by atoms with E-state index in [2.05, 4.69) is 21.9 Å². The lowest BCUT2D eigenvalue weighted by Crippen LogP contribution is -2.05. The average molecular weight is 285 g/mol. The molecule has 0 N–H and O–H groups in total. The third-order valence-electron chi connectivity index (χ3n) is 2.41. The molecule has 2 heterocycles. The number of thioether (sulfide) groups is 1. The highest BCUT2D eigenvalue weighted by Crippen LogP contribution is 2.26. The zero-order valence-electron chi connectivity index (χ0n) is 10.2. The number of rotatable bonds is 4. The Morgan fingerprint density at radius 1 is 1.50 bits per heavy atom. The van der Waals surface area contributed by atoms with Crippen LogP contribution in [0.15, 0.2) is 11.4 Å². The molecular formula is C11H13ClN4OS. The van der Waals surface area contributed by atoms with Gasteiger partial charge in [0.25, 0.3) is 0 Å². The van der Waals surface area contributed by atoms with E-state index in [1.165, 1.54) is 17.8 Å². The van der Waals surface area contributed by atoms with Crippen molar-refractivity contribution in [1.82, 2.24) is 19.5 Å². The van der Waals surface area contributed by atoms with Crippen molar-refractivity contribution in [2.24, 2.45) is 0 Å². The van der Waals surface area contributed by atoms with Crippen molar-refractivity contribution in [2.45, 2.75) is 31.7 Å². The first-order chi connectivity index (χ1) is 8.63. The van der Waals surface area contributed by atoms with E-state index in [9.17, 15) is 4.79 Å². The average Bonchev–Trinajstić information content (AvgIpc) is 2.72. The molecule has 0 amide bonds. The minimum absolute atomic E-state index is 0.142. The first-order valence-corrected chi connectivity index (χ1v) is 7.04. The fraction of sp³-hybridized carbons (Fsp3) is 0.455. The summed E-state index contributed by atoms with van der Waals surface area (Å²) in [5, 5.41) is 0.878. The van der Waals surface area contributed by atoms with Crippen molar-refractivity contribution < 1.29 is 4.79 Å². The quantitative estimate of drug-likeness (QED) is 0.374. The minimum Gasteiger partial charge on any atom is -0.274 e. The second-order valence-corrected chi connectivity index (χ2v) is 5.23. The van der Waals surface area contributed by atoms with Gasteiger partial charge in [-0.05, 0) is 23.8 Å². The van der Waals surface area contributed by atoms with Crippen LogP contribution in [0.1, 0.15) is 31.5 Å². The molecule has 96 valence electrons. The number of fused-ring (bicyclic) bond motifs is 1. The summed E-state index contributed by atoms with van der Waals surface area (Å²) < 4.78 is 1.38. The Labute approximate surface area is 114 Å². The first kappa shape index (κ1) is 13.3. The second kappa shape index (κ2) is 5.67. The van der Waals surface area contributed by atoms with Gasteiger partial charge in [-0.3, -0.25) is 9.36 Å². The van der Waals surface area contributed by atoms with Crippen molar-refractivity contribution >= 4 is 40.4 Å². The molecule has 2 aromatic rings. The molecule has 0 aromatic carbocycles. The van der Waals surface area contributed by atoms with Crippen LogP contribution in [-0.4, -0.2) is 31.2 Å². The Hall–Kier alpha value is -1.14. The van der Waals surface area contributed by atoms with Crippen molar-refractivity contribution in [3.63, 3.8) is 0 Å². The van der Waals surface area contributed by atoms with Crippen LogP contribution >= 0.6 is 23.4 Å². The molecular weight excluding hydrogens is 272 g/mol. The van der Waals surface area contributed by atoms with Crippen molar-refractivity contribution in [1.29, 1.82) is 0 Å². The number of nitrogens with zero attached hydrogens (tertiary/aromatic N) is 4. The normalized spacial score (nSPS) is 11.1. The lowest BCUT2D eigenvalue weighted by Gasteiger charge is -2.02. The summed E-state index contributed by atoms with van der Waals surface area (Å²) in [5.41, 5.74) is 1.11. The Morgan fingerprint density at radius 3 is 2.94 bits per heavy atom. The van der Waals surface area contributed by atoms with Gasteiger partial charge in [0, 0.05) is 6.92 Å². The summed E-state index contributed by atoms with van der Waals surface area (Å²) in [6, 6.07) is 0. The molecule has 7 heteroatoms. The van der Waals surface area contributed by atoms with Crippen LogP contribution < -0.4 is 0 Å². The zero-order chi connectivity index (χ0) is 13.1. The summed E-state index contributed by atoms with van der Waals surface area (Å²) in [4.78, 5) is 23.9. The van der Waals surface area contributed by atoms with E-state index in [4.69, 9.17) is 11.6 Å². The number of imidazole rings is 1. The van der Waals surface area contributed by atoms with Crippen molar-refractivity contribution in [3.05, 3.63) is 11.6 Å². The predicted octanol–water partition coefficient (Wildman–Crippen LogP) is 3.03. The summed E-state index contributed by atoms with van der Waals surface area (Å²) in [6.07, 6.45) is 3.68. The summed E-state index contributed by atoms with van der Waals surface area (Å²) >= 11 is 7.47. The van der Waals surface area contributed by atoms with Crippen LogP contribution in [0.25, 0.3) is 11.2 Å². The van der Waals surface area contributed by atoms with E-state index in [-0.39, 0.29) is 11.2 Å². The summed E-state index contributed by atoms with van der Waals surface area (Å²) in [6.45, 7) is 3.59. The number of aromatic nitrogens is 4. The van der Waals surface area contributed by atoms with Crippen LogP contribution in [0.4, 0.5) is 0 Å². The number of halogens is 1. The van der Waals surface area contributed by atoms with Gasteiger partial charge in [-0.1, -0.05) is 13.3 Å². The molecule has 2 rings (SSSR count). The molecule has 5 nitrogen and oxygen atoms in total. The Morgan fingerprint density at radius 2 is 2.28 bits per heavy atom. The smallest absolute Gasteiger partial charge is 0.230 e. The van der Waals surface area contributed by atoms with Gasteiger partial charge >= 0.3 is 0 Å². The van der Waals surface area contributed by atoms with Crippen LogP contribution in [-0.2, 0) is 0 Å². The molecule has 0 atom stereocenters. The van der Waals surface area contributed by atoms with Crippen LogP contribution in [0.5, 0.6) is 0 Å². The lowest BCUT2D eigenvalue weighted by molar-refractivity contribution is 0.0940. The molecule has 2 aromatic heterocycles.